The molecule has 0 saturated carbocycles. The summed E-state index contributed by atoms with van der Waals surface area (Å²) in [7, 11) is 1.64. The first kappa shape index (κ1) is 19.7. The number of carbonyl (C=O) groups is 1. The number of rotatable bonds is 6. The highest BCUT2D eigenvalue weighted by Crippen LogP contribution is 2.37. The molecule has 0 spiro atoms. The minimum Gasteiger partial charge on any atom is -0.497 e. The van der Waals surface area contributed by atoms with Gasteiger partial charge in [0.05, 0.1) is 7.11 Å². The average Bonchev–Trinajstić information content (AvgIpc) is 2.80. The van der Waals surface area contributed by atoms with E-state index in [0.717, 1.165) is 39.3 Å². The Morgan fingerprint density at radius 1 is 0.900 bits per heavy atom. The first-order valence-electron chi connectivity index (χ1n) is 10.0. The maximum Gasteiger partial charge on any atom is 0.170 e. The lowest BCUT2D eigenvalue weighted by molar-refractivity contribution is -0.115. The predicted molar refractivity (Wildman–Crippen MR) is 120 cm³/mol. The van der Waals surface area contributed by atoms with Crippen LogP contribution in [0.3, 0.4) is 0 Å². The normalized spacial score (nSPS) is 15.9. The van der Waals surface area contributed by atoms with Crippen molar-refractivity contribution in [1.29, 1.82) is 0 Å². The van der Waals surface area contributed by atoms with Gasteiger partial charge in [-0.05, 0) is 34.9 Å². The second-order valence-electron chi connectivity index (χ2n) is 7.34. The lowest BCUT2D eigenvalue weighted by Gasteiger charge is -2.20. The van der Waals surface area contributed by atoms with Gasteiger partial charge in [0.15, 0.2) is 5.78 Å². The summed E-state index contributed by atoms with van der Waals surface area (Å²) in [5.74, 6) is 1.39. The maximum absolute atomic E-state index is 12.8. The fraction of sp³-hybridized carbons (Fsp3) is 0.148. The van der Waals surface area contributed by atoms with Gasteiger partial charge in [-0.2, -0.15) is 0 Å². The first-order chi connectivity index (χ1) is 14.7. The summed E-state index contributed by atoms with van der Waals surface area (Å²) in [4.78, 5) is 12.8. The molecule has 0 fully saturated rings. The SMILES string of the molecule is COc1ccc(C2=CC(C)C(=O)C(c3ccccc3)=C2)c(OCc2ccccc2)c1. The average molecular weight is 396 g/mol. The number of carbonyl (C=O) groups excluding carboxylic acids is 1. The van der Waals surface area contributed by atoms with Crippen LogP contribution in [-0.2, 0) is 11.4 Å². The quantitative estimate of drug-likeness (QED) is 0.516. The number of benzene rings is 3. The van der Waals surface area contributed by atoms with Gasteiger partial charge in [0.1, 0.15) is 18.1 Å². The van der Waals surface area contributed by atoms with E-state index in [0.29, 0.717) is 6.61 Å². The molecule has 0 amide bonds. The summed E-state index contributed by atoms with van der Waals surface area (Å²) in [6.07, 6.45) is 3.97. The van der Waals surface area contributed by atoms with Crippen LogP contribution in [0.15, 0.2) is 91.0 Å². The fourth-order valence-electron chi connectivity index (χ4n) is 3.60. The third kappa shape index (κ3) is 4.20. The summed E-state index contributed by atoms with van der Waals surface area (Å²) < 4.78 is 11.6. The Morgan fingerprint density at radius 3 is 2.30 bits per heavy atom. The van der Waals surface area contributed by atoms with Gasteiger partial charge in [-0.1, -0.05) is 73.7 Å². The largest absolute Gasteiger partial charge is 0.497 e. The van der Waals surface area contributed by atoms with E-state index in [9.17, 15) is 4.79 Å². The zero-order valence-electron chi connectivity index (χ0n) is 17.2. The Hall–Kier alpha value is -3.59. The topological polar surface area (TPSA) is 35.5 Å². The number of Topliss-reactive ketones (excluding diaryl/α,β-unsaturated/α-hetero) is 1. The molecule has 0 N–H and O–H groups in total. The van der Waals surface area contributed by atoms with Crippen LogP contribution in [0.4, 0.5) is 0 Å². The van der Waals surface area contributed by atoms with Crippen LogP contribution in [0.5, 0.6) is 11.5 Å². The molecule has 1 aliphatic carbocycles. The van der Waals surface area contributed by atoms with Crippen LogP contribution in [0.2, 0.25) is 0 Å². The van der Waals surface area contributed by atoms with Gasteiger partial charge in [-0.15, -0.1) is 0 Å². The van der Waals surface area contributed by atoms with Crippen molar-refractivity contribution in [1.82, 2.24) is 0 Å². The van der Waals surface area contributed by atoms with E-state index < -0.39 is 0 Å². The summed E-state index contributed by atoms with van der Waals surface area (Å²) in [5.41, 5.74) is 4.67. The Bertz CT molecular complexity index is 1100. The molecule has 1 atom stereocenters. The van der Waals surface area contributed by atoms with Crippen molar-refractivity contribution in [3.8, 4) is 11.5 Å². The molecule has 0 saturated heterocycles. The zero-order chi connectivity index (χ0) is 20.9. The molecule has 150 valence electrons. The molecular formula is C27H24O3. The van der Waals surface area contributed by atoms with Gasteiger partial charge >= 0.3 is 0 Å². The molecule has 0 bridgehead atoms. The molecule has 3 nitrogen and oxygen atoms in total. The highest BCUT2D eigenvalue weighted by Gasteiger charge is 2.24. The van der Waals surface area contributed by atoms with E-state index >= 15 is 0 Å². The van der Waals surface area contributed by atoms with Gasteiger partial charge in [-0.25, -0.2) is 0 Å². The second kappa shape index (κ2) is 8.83. The van der Waals surface area contributed by atoms with Gasteiger partial charge in [-0.3, -0.25) is 4.79 Å². The highest BCUT2D eigenvalue weighted by molar-refractivity contribution is 6.26. The van der Waals surface area contributed by atoms with E-state index in [-0.39, 0.29) is 11.7 Å². The minimum absolute atomic E-state index is 0.130. The third-order valence-corrected chi connectivity index (χ3v) is 5.23. The number of hydrogen-bond acceptors (Lipinski definition) is 3. The van der Waals surface area contributed by atoms with Crippen LogP contribution in [-0.4, -0.2) is 12.9 Å². The molecular weight excluding hydrogens is 372 g/mol. The van der Waals surface area contributed by atoms with Crippen LogP contribution in [0, 0.1) is 5.92 Å². The predicted octanol–water partition coefficient (Wildman–Crippen LogP) is 5.96. The molecule has 0 radical (unpaired) electrons. The van der Waals surface area contributed by atoms with Crippen molar-refractivity contribution in [2.24, 2.45) is 5.92 Å². The molecule has 1 unspecified atom stereocenters. The van der Waals surface area contributed by atoms with E-state index in [1.54, 1.807) is 7.11 Å². The number of allylic oxidation sites excluding steroid dienone is 4. The van der Waals surface area contributed by atoms with Crippen molar-refractivity contribution < 1.29 is 14.3 Å². The molecule has 0 aromatic heterocycles. The fourth-order valence-corrected chi connectivity index (χ4v) is 3.60. The molecule has 3 aromatic carbocycles. The molecule has 0 heterocycles. The lowest BCUT2D eigenvalue weighted by atomic mass is 9.84. The summed E-state index contributed by atoms with van der Waals surface area (Å²) in [6.45, 7) is 2.39. The number of ketones is 1. The monoisotopic (exact) mass is 396 g/mol. The van der Waals surface area contributed by atoms with Gasteiger partial charge in [0, 0.05) is 23.1 Å². The van der Waals surface area contributed by atoms with Crippen molar-refractivity contribution in [2.45, 2.75) is 13.5 Å². The maximum atomic E-state index is 12.8. The van der Waals surface area contributed by atoms with Crippen molar-refractivity contribution >= 4 is 16.9 Å². The number of methoxy groups -OCH3 is 1. The van der Waals surface area contributed by atoms with Crippen LogP contribution in [0.25, 0.3) is 11.1 Å². The van der Waals surface area contributed by atoms with Crippen molar-refractivity contribution in [3.05, 3.63) is 108 Å². The molecule has 3 aromatic rings. The number of ether oxygens (including phenoxy) is 2. The highest BCUT2D eigenvalue weighted by atomic mass is 16.5. The van der Waals surface area contributed by atoms with Crippen molar-refractivity contribution in [2.75, 3.05) is 7.11 Å². The Kier molecular flexibility index (Phi) is 5.80. The second-order valence-corrected chi connectivity index (χ2v) is 7.34. The summed E-state index contributed by atoms with van der Waals surface area (Å²) >= 11 is 0. The molecule has 3 heteroatoms. The number of hydrogen-bond donors (Lipinski definition) is 0. The van der Waals surface area contributed by atoms with Crippen molar-refractivity contribution in [3.63, 3.8) is 0 Å². The van der Waals surface area contributed by atoms with E-state index in [2.05, 4.69) is 0 Å². The lowest BCUT2D eigenvalue weighted by Crippen LogP contribution is -2.15. The summed E-state index contributed by atoms with van der Waals surface area (Å²) in [6, 6.07) is 25.7. The smallest absolute Gasteiger partial charge is 0.170 e. The van der Waals surface area contributed by atoms with Gasteiger partial charge < -0.3 is 9.47 Å². The molecule has 30 heavy (non-hydrogen) atoms. The Labute approximate surface area is 177 Å². The molecule has 1 aliphatic rings. The molecule has 4 rings (SSSR count). The van der Waals surface area contributed by atoms with E-state index in [1.165, 1.54) is 0 Å². The third-order valence-electron chi connectivity index (χ3n) is 5.23. The van der Waals surface area contributed by atoms with Crippen LogP contribution < -0.4 is 9.47 Å². The van der Waals surface area contributed by atoms with Crippen LogP contribution >= 0.6 is 0 Å². The van der Waals surface area contributed by atoms with Gasteiger partial charge in [0.25, 0.3) is 0 Å². The van der Waals surface area contributed by atoms with E-state index in [4.69, 9.17) is 9.47 Å². The first-order valence-corrected chi connectivity index (χ1v) is 10.0. The Balaban J connectivity index is 1.72. The van der Waals surface area contributed by atoms with Gasteiger partial charge in [0.2, 0.25) is 0 Å². The van der Waals surface area contributed by atoms with Crippen LogP contribution in [0.1, 0.15) is 23.6 Å². The molecule has 0 aliphatic heterocycles. The zero-order valence-corrected chi connectivity index (χ0v) is 17.2. The van der Waals surface area contributed by atoms with E-state index in [1.807, 2.05) is 97.9 Å². The summed E-state index contributed by atoms with van der Waals surface area (Å²) in [5, 5.41) is 0. The minimum atomic E-state index is -0.204. The Morgan fingerprint density at radius 2 is 1.60 bits per heavy atom. The standard InChI is InChI=1S/C27H24O3/c1-19-15-22(16-25(27(19)28)21-11-7-4-8-12-21)24-14-13-23(29-2)17-26(24)30-18-20-9-5-3-6-10-20/h3-17,19H,18H2,1-2H3.